The highest BCUT2D eigenvalue weighted by atomic mass is 16.1. The number of benzene rings is 1. The summed E-state index contributed by atoms with van der Waals surface area (Å²) < 4.78 is 0. The Labute approximate surface area is 129 Å². The number of amides is 1. The third kappa shape index (κ3) is 5.24. The van der Waals surface area contributed by atoms with E-state index in [4.69, 9.17) is 5.73 Å². The van der Waals surface area contributed by atoms with Gasteiger partial charge in [0.25, 0.3) is 0 Å². The van der Waals surface area contributed by atoms with Gasteiger partial charge < -0.3 is 16.4 Å². The number of carbonyl (C=O) groups is 1. The molecular weight excluding hydrogens is 278 g/mol. The van der Waals surface area contributed by atoms with Gasteiger partial charge in [-0.25, -0.2) is 4.98 Å². The van der Waals surface area contributed by atoms with E-state index >= 15 is 0 Å². The second-order valence-electron chi connectivity index (χ2n) is 4.78. The number of rotatable bonds is 5. The largest absolute Gasteiger partial charge is 0.370 e. The molecule has 0 fully saturated rings. The smallest absolute Gasteiger partial charge is 0.227 e. The van der Waals surface area contributed by atoms with Crippen molar-refractivity contribution in [2.24, 2.45) is 10.7 Å². The fourth-order valence-corrected chi connectivity index (χ4v) is 1.73. The lowest BCUT2D eigenvalue weighted by molar-refractivity contribution is -0.116. The second-order valence-corrected chi connectivity index (χ2v) is 4.78. The number of carbonyl (C=O) groups excluding carboxylic acids is 1. The quantitative estimate of drug-likeness (QED) is 0.582. The van der Waals surface area contributed by atoms with Crippen LogP contribution in [0.15, 0.2) is 53.7 Å². The Hall–Kier alpha value is -2.89. The topological polar surface area (TPSA) is 92.4 Å². The summed E-state index contributed by atoms with van der Waals surface area (Å²) in [4.78, 5) is 20.0. The van der Waals surface area contributed by atoms with Crippen molar-refractivity contribution < 1.29 is 4.79 Å². The summed E-state index contributed by atoms with van der Waals surface area (Å²) in [7, 11) is 0. The summed E-state index contributed by atoms with van der Waals surface area (Å²) in [6.07, 6.45) is 1.95. The Kier molecular flexibility index (Phi) is 5.48. The highest BCUT2D eigenvalue weighted by molar-refractivity contribution is 5.93. The Morgan fingerprint density at radius 1 is 1.18 bits per heavy atom. The summed E-state index contributed by atoms with van der Waals surface area (Å²) in [5.41, 5.74) is 7.66. The fraction of sp³-hybridized carbons (Fsp3) is 0.188. The third-order valence-corrected chi connectivity index (χ3v) is 2.85. The van der Waals surface area contributed by atoms with Crippen molar-refractivity contribution in [3.05, 3.63) is 54.2 Å². The average Bonchev–Trinajstić information content (AvgIpc) is 2.50. The fourth-order valence-electron chi connectivity index (χ4n) is 1.73. The molecule has 6 heteroatoms. The maximum atomic E-state index is 11.8. The Morgan fingerprint density at radius 2 is 1.95 bits per heavy atom. The van der Waals surface area contributed by atoms with Gasteiger partial charge in [0.1, 0.15) is 5.82 Å². The standard InChI is InChI=1S/C16H19N5O/c1-12-7-8-14(19-11-12)21-15(22)9-10-18-16(17)20-13-5-3-2-4-6-13/h2-8,11H,9-10H2,1H3,(H3,17,18,20)(H,19,21,22). The molecule has 0 aliphatic rings. The van der Waals surface area contributed by atoms with Crippen LogP contribution in [0.3, 0.4) is 0 Å². The summed E-state index contributed by atoms with van der Waals surface area (Å²) in [5.74, 6) is 0.676. The minimum absolute atomic E-state index is 0.146. The number of aryl methyl sites for hydroxylation is 1. The number of nitrogens with one attached hydrogen (secondary N) is 2. The van der Waals surface area contributed by atoms with E-state index in [1.54, 1.807) is 12.3 Å². The number of pyridine rings is 1. The molecule has 0 radical (unpaired) electrons. The summed E-state index contributed by atoms with van der Waals surface area (Å²) in [6.45, 7) is 2.25. The zero-order valence-electron chi connectivity index (χ0n) is 12.4. The van der Waals surface area contributed by atoms with Crippen molar-refractivity contribution >= 4 is 23.4 Å². The van der Waals surface area contributed by atoms with Crippen LogP contribution in [0.4, 0.5) is 11.5 Å². The van der Waals surface area contributed by atoms with Crippen LogP contribution >= 0.6 is 0 Å². The number of hydrogen-bond donors (Lipinski definition) is 3. The maximum absolute atomic E-state index is 11.8. The molecule has 1 aromatic heterocycles. The van der Waals surface area contributed by atoms with Gasteiger partial charge in [-0.2, -0.15) is 0 Å². The van der Waals surface area contributed by atoms with Gasteiger partial charge in [-0.05, 0) is 30.7 Å². The highest BCUT2D eigenvalue weighted by Gasteiger charge is 2.02. The van der Waals surface area contributed by atoms with Crippen molar-refractivity contribution in [2.45, 2.75) is 13.3 Å². The normalized spacial score (nSPS) is 11.0. The zero-order valence-corrected chi connectivity index (χ0v) is 12.4. The number of aliphatic imine (C=N–C) groups is 1. The summed E-state index contributed by atoms with van der Waals surface area (Å²) >= 11 is 0. The van der Waals surface area contributed by atoms with Crippen molar-refractivity contribution in [3.8, 4) is 0 Å². The van der Waals surface area contributed by atoms with Crippen molar-refractivity contribution in [3.63, 3.8) is 0 Å². The van der Waals surface area contributed by atoms with E-state index in [9.17, 15) is 4.79 Å². The first-order valence-corrected chi connectivity index (χ1v) is 6.98. The van der Waals surface area contributed by atoms with E-state index in [0.29, 0.717) is 12.4 Å². The minimum Gasteiger partial charge on any atom is -0.370 e. The van der Waals surface area contributed by atoms with Crippen LogP contribution in [0.2, 0.25) is 0 Å². The number of guanidine groups is 1. The molecule has 1 amide bonds. The molecule has 0 aliphatic carbocycles. The molecule has 0 bridgehead atoms. The van der Waals surface area contributed by atoms with E-state index in [2.05, 4.69) is 20.6 Å². The molecule has 2 aromatic rings. The molecule has 0 atom stereocenters. The van der Waals surface area contributed by atoms with Gasteiger partial charge in [-0.1, -0.05) is 24.3 Å². The number of para-hydroxylation sites is 1. The number of hydrogen-bond acceptors (Lipinski definition) is 3. The minimum atomic E-state index is -0.146. The lowest BCUT2D eigenvalue weighted by atomic mass is 10.3. The van der Waals surface area contributed by atoms with Crippen LogP contribution in [0.1, 0.15) is 12.0 Å². The van der Waals surface area contributed by atoms with Crippen molar-refractivity contribution in [1.29, 1.82) is 0 Å². The SMILES string of the molecule is Cc1ccc(NC(=O)CCN=C(N)Nc2ccccc2)nc1. The van der Waals surface area contributed by atoms with E-state index in [-0.39, 0.29) is 18.3 Å². The molecular formula is C16H19N5O. The first-order chi connectivity index (χ1) is 10.6. The molecule has 6 nitrogen and oxygen atoms in total. The molecule has 1 heterocycles. The van der Waals surface area contributed by atoms with Crippen LogP contribution in [0, 0.1) is 6.92 Å². The summed E-state index contributed by atoms with van der Waals surface area (Å²) in [6, 6.07) is 13.2. The van der Waals surface area contributed by atoms with Gasteiger partial charge in [0, 0.05) is 18.3 Å². The van der Waals surface area contributed by atoms with Gasteiger partial charge in [-0.3, -0.25) is 9.79 Å². The number of nitrogens with two attached hydrogens (primary N) is 1. The lowest BCUT2D eigenvalue weighted by Gasteiger charge is -2.05. The molecule has 2 rings (SSSR count). The van der Waals surface area contributed by atoms with Crippen LogP contribution < -0.4 is 16.4 Å². The highest BCUT2D eigenvalue weighted by Crippen LogP contribution is 2.05. The predicted octanol–water partition coefficient (Wildman–Crippen LogP) is 2.15. The first kappa shape index (κ1) is 15.5. The zero-order chi connectivity index (χ0) is 15.8. The second kappa shape index (κ2) is 7.78. The Balaban J connectivity index is 1.76. The molecule has 0 aliphatic heterocycles. The van der Waals surface area contributed by atoms with Crippen molar-refractivity contribution in [2.75, 3.05) is 17.2 Å². The number of anilines is 2. The predicted molar refractivity (Wildman–Crippen MR) is 88.8 cm³/mol. The molecule has 4 N–H and O–H groups in total. The van der Waals surface area contributed by atoms with E-state index in [0.717, 1.165) is 11.3 Å². The number of aromatic nitrogens is 1. The van der Waals surface area contributed by atoms with Crippen LogP contribution in [0.25, 0.3) is 0 Å². The molecule has 1 aromatic carbocycles. The molecule has 22 heavy (non-hydrogen) atoms. The molecule has 0 unspecified atom stereocenters. The molecule has 0 saturated heterocycles. The molecule has 114 valence electrons. The molecule has 0 saturated carbocycles. The number of nitrogens with zero attached hydrogens (tertiary/aromatic N) is 2. The Morgan fingerprint density at radius 3 is 2.64 bits per heavy atom. The Bertz CT molecular complexity index is 637. The van der Waals surface area contributed by atoms with E-state index in [1.165, 1.54) is 0 Å². The van der Waals surface area contributed by atoms with Gasteiger partial charge in [0.05, 0.1) is 6.54 Å². The lowest BCUT2D eigenvalue weighted by Crippen LogP contribution is -2.23. The summed E-state index contributed by atoms with van der Waals surface area (Å²) in [5, 5.41) is 5.67. The third-order valence-electron chi connectivity index (χ3n) is 2.85. The van der Waals surface area contributed by atoms with Gasteiger partial charge in [-0.15, -0.1) is 0 Å². The maximum Gasteiger partial charge on any atom is 0.227 e. The van der Waals surface area contributed by atoms with Crippen LogP contribution in [-0.4, -0.2) is 23.4 Å². The van der Waals surface area contributed by atoms with Gasteiger partial charge in [0.15, 0.2) is 5.96 Å². The van der Waals surface area contributed by atoms with Crippen molar-refractivity contribution in [1.82, 2.24) is 4.98 Å². The molecule has 0 spiro atoms. The first-order valence-electron chi connectivity index (χ1n) is 6.98. The van der Waals surface area contributed by atoms with E-state index < -0.39 is 0 Å². The van der Waals surface area contributed by atoms with E-state index in [1.807, 2.05) is 43.3 Å². The average molecular weight is 297 g/mol. The van der Waals surface area contributed by atoms with Gasteiger partial charge >= 0.3 is 0 Å². The monoisotopic (exact) mass is 297 g/mol. The van der Waals surface area contributed by atoms with Crippen LogP contribution in [0.5, 0.6) is 0 Å². The van der Waals surface area contributed by atoms with Gasteiger partial charge in [0.2, 0.25) is 5.91 Å². The van der Waals surface area contributed by atoms with Crippen LogP contribution in [-0.2, 0) is 4.79 Å².